The standard InChI is InChI=1S/C4H10N2.CO2/c1-2-6-4-3-5-1;2-1-3/h5-6H,1-4H2;. The fourth-order valence-electron chi connectivity index (χ4n) is 0.604. The van der Waals surface area contributed by atoms with Gasteiger partial charge >= 0.3 is 6.15 Å². The number of nitrogens with one attached hydrogen (secondary N) is 2. The summed E-state index contributed by atoms with van der Waals surface area (Å²) in [4.78, 5) is 16.2. The predicted octanol–water partition coefficient (Wildman–Crippen LogP) is -1.40. The van der Waals surface area contributed by atoms with Gasteiger partial charge in [0.05, 0.1) is 0 Å². The van der Waals surface area contributed by atoms with Crippen LogP contribution in [0.5, 0.6) is 0 Å². The highest BCUT2D eigenvalue weighted by atomic mass is 16.2. The zero-order valence-corrected chi connectivity index (χ0v) is 5.14. The van der Waals surface area contributed by atoms with Crippen LogP contribution in [-0.2, 0) is 9.59 Å². The number of hydrogen-bond acceptors (Lipinski definition) is 4. The summed E-state index contributed by atoms with van der Waals surface area (Å²) >= 11 is 0. The number of hydrogen-bond donors (Lipinski definition) is 2. The van der Waals surface area contributed by atoms with Crippen LogP contribution in [0.1, 0.15) is 0 Å². The summed E-state index contributed by atoms with van der Waals surface area (Å²) in [7, 11) is 0. The molecule has 1 aliphatic heterocycles. The van der Waals surface area contributed by atoms with E-state index in [1.54, 1.807) is 0 Å². The summed E-state index contributed by atoms with van der Waals surface area (Å²) in [6.07, 6.45) is 0.250. The molecule has 0 atom stereocenters. The van der Waals surface area contributed by atoms with Crippen molar-refractivity contribution in [3.63, 3.8) is 0 Å². The first kappa shape index (κ1) is 8.30. The van der Waals surface area contributed by atoms with Crippen molar-refractivity contribution >= 4 is 6.15 Å². The van der Waals surface area contributed by atoms with Gasteiger partial charge in [-0.25, -0.2) is 0 Å². The molecule has 2 N–H and O–H groups in total. The van der Waals surface area contributed by atoms with E-state index in [1.165, 1.54) is 0 Å². The van der Waals surface area contributed by atoms with E-state index >= 15 is 0 Å². The van der Waals surface area contributed by atoms with Gasteiger partial charge in [-0.1, -0.05) is 0 Å². The Balaban J connectivity index is 0.000000187. The van der Waals surface area contributed by atoms with Gasteiger partial charge in [0.1, 0.15) is 0 Å². The van der Waals surface area contributed by atoms with E-state index in [2.05, 4.69) is 10.6 Å². The molecule has 1 heterocycles. The Morgan fingerprint density at radius 1 is 0.889 bits per heavy atom. The SMILES string of the molecule is C1CNCCN1.O=C=O. The predicted molar refractivity (Wildman–Crippen MR) is 30.7 cm³/mol. The van der Waals surface area contributed by atoms with Crippen LogP contribution in [0.15, 0.2) is 0 Å². The molecular weight excluding hydrogens is 120 g/mol. The van der Waals surface area contributed by atoms with Crippen LogP contribution >= 0.6 is 0 Å². The quantitative estimate of drug-likeness (QED) is 0.423. The van der Waals surface area contributed by atoms with Gasteiger partial charge in [-0.05, 0) is 0 Å². The monoisotopic (exact) mass is 130 g/mol. The van der Waals surface area contributed by atoms with Gasteiger partial charge in [0.2, 0.25) is 0 Å². The van der Waals surface area contributed by atoms with Crippen LogP contribution in [0.3, 0.4) is 0 Å². The molecule has 9 heavy (non-hydrogen) atoms. The van der Waals surface area contributed by atoms with Gasteiger partial charge < -0.3 is 10.6 Å². The highest BCUT2D eigenvalue weighted by molar-refractivity contribution is 5.20. The van der Waals surface area contributed by atoms with Crippen molar-refractivity contribution in [2.75, 3.05) is 26.2 Å². The zero-order chi connectivity index (χ0) is 6.95. The maximum absolute atomic E-state index is 8.12. The highest BCUT2D eigenvalue weighted by Gasteiger charge is 1.91. The molecule has 0 saturated carbocycles. The summed E-state index contributed by atoms with van der Waals surface area (Å²) in [6.45, 7) is 4.56. The highest BCUT2D eigenvalue weighted by Crippen LogP contribution is 1.65. The first-order chi connectivity index (χ1) is 4.41. The molecule has 1 fully saturated rings. The van der Waals surface area contributed by atoms with Crippen LogP contribution in [0, 0.1) is 0 Å². The molecule has 0 aromatic rings. The summed E-state index contributed by atoms with van der Waals surface area (Å²) < 4.78 is 0. The molecule has 52 valence electrons. The molecule has 1 aliphatic rings. The van der Waals surface area contributed by atoms with E-state index in [-0.39, 0.29) is 6.15 Å². The molecule has 1 saturated heterocycles. The Kier molecular flexibility index (Phi) is 6.73. The third-order valence-corrected chi connectivity index (χ3v) is 0.957. The van der Waals surface area contributed by atoms with Crippen molar-refractivity contribution in [1.82, 2.24) is 10.6 Å². The summed E-state index contributed by atoms with van der Waals surface area (Å²) in [5.74, 6) is 0. The summed E-state index contributed by atoms with van der Waals surface area (Å²) in [5, 5.41) is 6.44. The smallest absolute Gasteiger partial charge is 0.314 e. The van der Waals surface area contributed by atoms with Gasteiger partial charge in [0.25, 0.3) is 0 Å². The molecule has 0 radical (unpaired) electrons. The van der Waals surface area contributed by atoms with Crippen LogP contribution in [-0.4, -0.2) is 32.3 Å². The van der Waals surface area contributed by atoms with Gasteiger partial charge in [0, 0.05) is 26.2 Å². The zero-order valence-electron chi connectivity index (χ0n) is 5.14. The Labute approximate surface area is 53.6 Å². The lowest BCUT2D eigenvalue weighted by Gasteiger charge is -2.11. The van der Waals surface area contributed by atoms with E-state index in [9.17, 15) is 0 Å². The first-order valence-electron chi connectivity index (χ1n) is 2.82. The van der Waals surface area contributed by atoms with E-state index in [4.69, 9.17) is 9.59 Å². The maximum Gasteiger partial charge on any atom is 0.373 e. The summed E-state index contributed by atoms with van der Waals surface area (Å²) in [6, 6.07) is 0. The molecule has 0 aliphatic carbocycles. The van der Waals surface area contributed by atoms with Crippen molar-refractivity contribution in [2.24, 2.45) is 0 Å². The van der Waals surface area contributed by atoms with Crippen LogP contribution < -0.4 is 10.6 Å². The average Bonchev–Trinajstić information content (AvgIpc) is 1.93. The fourth-order valence-corrected chi connectivity index (χ4v) is 0.604. The van der Waals surface area contributed by atoms with Crippen molar-refractivity contribution < 1.29 is 9.59 Å². The van der Waals surface area contributed by atoms with Crippen LogP contribution in [0.4, 0.5) is 0 Å². The molecular formula is C5H10N2O2. The van der Waals surface area contributed by atoms with E-state index in [1.807, 2.05) is 0 Å². The fraction of sp³-hybridized carbons (Fsp3) is 0.800. The lowest BCUT2D eigenvalue weighted by Crippen LogP contribution is -2.39. The van der Waals surface area contributed by atoms with E-state index < -0.39 is 0 Å². The molecule has 1 rings (SSSR count). The Hall–Kier alpha value is -0.700. The van der Waals surface area contributed by atoms with Gasteiger partial charge in [-0.15, -0.1) is 0 Å². The van der Waals surface area contributed by atoms with E-state index in [0.717, 1.165) is 26.2 Å². The van der Waals surface area contributed by atoms with Crippen molar-refractivity contribution in [2.45, 2.75) is 0 Å². The Morgan fingerprint density at radius 3 is 1.22 bits per heavy atom. The third-order valence-electron chi connectivity index (χ3n) is 0.957. The lowest BCUT2D eigenvalue weighted by molar-refractivity contribution is -0.191. The number of rotatable bonds is 0. The lowest BCUT2D eigenvalue weighted by atomic mass is 10.4. The molecule has 0 amide bonds. The molecule has 0 unspecified atom stereocenters. The number of piperazine rings is 1. The molecule has 4 nitrogen and oxygen atoms in total. The minimum atomic E-state index is 0.250. The van der Waals surface area contributed by atoms with Gasteiger partial charge in [-0.2, -0.15) is 9.59 Å². The number of carbonyl (C=O) groups excluding carboxylic acids is 2. The van der Waals surface area contributed by atoms with Crippen LogP contribution in [0.2, 0.25) is 0 Å². The van der Waals surface area contributed by atoms with Crippen molar-refractivity contribution in [3.8, 4) is 0 Å². The second-order valence-electron chi connectivity index (χ2n) is 1.58. The first-order valence-corrected chi connectivity index (χ1v) is 2.82. The van der Waals surface area contributed by atoms with E-state index in [0.29, 0.717) is 0 Å². The minimum Gasteiger partial charge on any atom is -0.314 e. The van der Waals surface area contributed by atoms with Crippen molar-refractivity contribution in [1.29, 1.82) is 0 Å². The molecule has 0 bridgehead atoms. The average molecular weight is 130 g/mol. The second-order valence-corrected chi connectivity index (χ2v) is 1.58. The third kappa shape index (κ3) is 7.30. The second kappa shape index (κ2) is 7.30. The van der Waals surface area contributed by atoms with Crippen molar-refractivity contribution in [3.05, 3.63) is 0 Å². The topological polar surface area (TPSA) is 58.2 Å². The molecule has 4 heteroatoms. The normalized spacial score (nSPS) is 16.9. The Morgan fingerprint density at radius 2 is 1.11 bits per heavy atom. The summed E-state index contributed by atoms with van der Waals surface area (Å²) in [5.41, 5.74) is 0. The molecule has 0 spiro atoms. The van der Waals surface area contributed by atoms with Gasteiger partial charge in [0.15, 0.2) is 0 Å². The largest absolute Gasteiger partial charge is 0.373 e. The Bertz CT molecular complexity index is 73.4. The minimum absolute atomic E-state index is 0.250. The molecule has 0 aromatic heterocycles. The van der Waals surface area contributed by atoms with Gasteiger partial charge in [-0.3, -0.25) is 0 Å². The molecule has 0 aromatic carbocycles. The maximum atomic E-state index is 8.12. The van der Waals surface area contributed by atoms with Crippen LogP contribution in [0.25, 0.3) is 0 Å².